The number of methoxy groups -OCH3 is 1. The number of halogens is 1. The lowest BCUT2D eigenvalue weighted by atomic mass is 9.92. The number of amides is 3. The fourth-order valence-corrected chi connectivity index (χ4v) is 6.08. The van der Waals surface area contributed by atoms with Gasteiger partial charge in [0.05, 0.1) is 19.3 Å². The first-order valence-corrected chi connectivity index (χ1v) is 12.0. The van der Waals surface area contributed by atoms with Gasteiger partial charge in [0.25, 0.3) is 0 Å². The predicted molar refractivity (Wildman–Crippen MR) is 125 cm³/mol. The molecular weight excluding hydrogens is 491 g/mol. The number of carbonyl (C=O) groups excluding carboxylic acids is 2. The van der Waals surface area contributed by atoms with Gasteiger partial charge in [-0.05, 0) is 47.2 Å². The summed E-state index contributed by atoms with van der Waals surface area (Å²) in [5.41, 5.74) is 4.74. The largest absolute Gasteiger partial charge is 0.497 e. The van der Waals surface area contributed by atoms with Crippen molar-refractivity contribution in [2.24, 2.45) is 5.73 Å². The number of pyridine rings is 1. The van der Waals surface area contributed by atoms with Gasteiger partial charge in [-0.25, -0.2) is 19.0 Å². The van der Waals surface area contributed by atoms with Crippen molar-refractivity contribution in [2.45, 2.75) is 17.7 Å². The smallest absolute Gasteiger partial charge is 0.442 e. The molecule has 0 fully saturated rings. The van der Waals surface area contributed by atoms with Gasteiger partial charge >= 0.3 is 22.0 Å². The zero-order valence-corrected chi connectivity index (χ0v) is 20.0. The summed E-state index contributed by atoms with van der Waals surface area (Å²) in [6.07, 6.45) is 1.41. The van der Waals surface area contributed by atoms with Gasteiger partial charge in [0.15, 0.2) is 5.69 Å². The van der Waals surface area contributed by atoms with Crippen LogP contribution in [0.2, 0.25) is 0 Å². The molecule has 3 amide bonds. The molecule has 0 saturated carbocycles. The van der Waals surface area contributed by atoms with Crippen LogP contribution < -0.4 is 19.1 Å². The van der Waals surface area contributed by atoms with Crippen molar-refractivity contribution >= 4 is 27.6 Å². The molecule has 4 rings (SSSR count). The van der Waals surface area contributed by atoms with Crippen molar-refractivity contribution in [1.82, 2.24) is 8.87 Å². The molecule has 0 aliphatic carbocycles. The molecule has 1 aliphatic heterocycles. The number of hydrogen-bond acceptors (Lipinski definition) is 8. The topological polar surface area (TPSA) is 149 Å². The van der Waals surface area contributed by atoms with E-state index >= 15 is 0 Å². The number of fused-ring (bicyclic) bond motifs is 1. The summed E-state index contributed by atoms with van der Waals surface area (Å²) in [6.45, 7) is 1.86. The molecule has 36 heavy (non-hydrogen) atoms. The second kappa shape index (κ2) is 9.03. The molecule has 1 aromatic heterocycles. The molecule has 2 aromatic carbocycles. The Labute approximate surface area is 205 Å². The number of primary amides is 1. The minimum absolute atomic E-state index is 0.0125. The Bertz CT molecular complexity index is 1540. The second-order valence-electron chi connectivity index (χ2n) is 7.70. The quantitative estimate of drug-likeness (QED) is 0.497. The molecule has 0 bridgehead atoms. The molecule has 2 atom stereocenters. The molecule has 3 aromatic rings. The second-order valence-corrected chi connectivity index (χ2v) is 9.67. The SMILES string of the molecule is CCOc1ncccc1C1C(=O)[N+](C(N)=O)(S(=O)(=O)c2ccc(OC)cc2)c2cc(F)c(C#N)cc21. The number of hydrogen-bond donors (Lipinski definition) is 1. The van der Waals surface area contributed by atoms with Crippen LogP contribution in [0.15, 0.2) is 59.6 Å². The minimum atomic E-state index is -4.94. The molecule has 10 nitrogen and oxygen atoms in total. The summed E-state index contributed by atoms with van der Waals surface area (Å²) in [7, 11) is -3.56. The summed E-state index contributed by atoms with van der Waals surface area (Å²) in [6, 6.07) is 9.76. The highest BCUT2D eigenvalue weighted by atomic mass is 32.2. The van der Waals surface area contributed by atoms with E-state index in [0.717, 1.165) is 18.2 Å². The van der Waals surface area contributed by atoms with Gasteiger partial charge in [-0.2, -0.15) is 13.7 Å². The fourth-order valence-electron chi connectivity index (χ4n) is 4.28. The monoisotopic (exact) mass is 511 g/mol. The molecule has 0 saturated heterocycles. The number of carbonyl (C=O) groups is 2. The van der Waals surface area contributed by atoms with Crippen LogP contribution in [0.3, 0.4) is 0 Å². The van der Waals surface area contributed by atoms with Crippen molar-refractivity contribution < 1.29 is 31.9 Å². The van der Waals surface area contributed by atoms with Gasteiger partial charge in [-0.15, -0.1) is 0 Å². The number of ether oxygens (including phenoxy) is 2. The van der Waals surface area contributed by atoms with Crippen LogP contribution >= 0.6 is 0 Å². The maximum atomic E-state index is 14.9. The molecule has 0 radical (unpaired) electrons. The number of quaternary nitrogens is 1. The van der Waals surface area contributed by atoms with E-state index < -0.39 is 53.7 Å². The normalized spacial score (nSPS) is 18.8. The Morgan fingerprint density at radius 3 is 2.50 bits per heavy atom. The number of rotatable bonds is 6. The maximum Gasteiger partial charge on any atom is 0.442 e. The molecule has 2 N–H and O–H groups in total. The molecule has 2 unspecified atom stereocenters. The van der Waals surface area contributed by atoms with Crippen molar-refractivity contribution in [3.05, 3.63) is 77.2 Å². The molecule has 184 valence electrons. The first-order chi connectivity index (χ1) is 17.1. The van der Waals surface area contributed by atoms with E-state index in [9.17, 15) is 27.7 Å². The van der Waals surface area contributed by atoms with E-state index in [0.29, 0.717) is 11.8 Å². The van der Waals surface area contributed by atoms with Crippen LogP contribution in [0.5, 0.6) is 11.6 Å². The highest BCUT2D eigenvalue weighted by molar-refractivity contribution is 7.92. The van der Waals surface area contributed by atoms with Crippen LogP contribution in [0.4, 0.5) is 14.9 Å². The Hall–Kier alpha value is -4.34. The van der Waals surface area contributed by atoms with Crippen molar-refractivity contribution in [3.63, 3.8) is 0 Å². The van der Waals surface area contributed by atoms with Gasteiger partial charge < -0.3 is 15.2 Å². The average Bonchev–Trinajstić information content (AvgIpc) is 3.12. The number of nitrogens with zero attached hydrogens (tertiary/aromatic N) is 3. The highest BCUT2D eigenvalue weighted by Gasteiger charge is 2.67. The van der Waals surface area contributed by atoms with Gasteiger partial charge in [-0.3, -0.25) is 0 Å². The fraction of sp³-hybridized carbons (Fsp3) is 0.167. The van der Waals surface area contributed by atoms with E-state index in [-0.39, 0.29) is 23.6 Å². The van der Waals surface area contributed by atoms with E-state index in [2.05, 4.69) is 4.98 Å². The van der Waals surface area contributed by atoms with E-state index in [1.165, 1.54) is 37.6 Å². The van der Waals surface area contributed by atoms with E-state index in [4.69, 9.17) is 15.2 Å². The lowest BCUT2D eigenvalue weighted by Crippen LogP contribution is -2.63. The van der Waals surface area contributed by atoms with Gasteiger partial charge in [0, 0.05) is 23.4 Å². The van der Waals surface area contributed by atoms with Crippen LogP contribution in [-0.2, 0) is 14.8 Å². The predicted octanol–water partition coefficient (Wildman–Crippen LogP) is 2.95. The van der Waals surface area contributed by atoms with Crippen LogP contribution in [0.25, 0.3) is 0 Å². The average molecular weight is 512 g/mol. The molecule has 12 heteroatoms. The third kappa shape index (κ3) is 3.40. The van der Waals surface area contributed by atoms with Crippen LogP contribution in [-0.4, -0.2) is 39.1 Å². The van der Waals surface area contributed by atoms with Crippen molar-refractivity contribution in [2.75, 3.05) is 13.7 Å². The zero-order valence-electron chi connectivity index (χ0n) is 19.1. The molecule has 0 spiro atoms. The third-order valence-electron chi connectivity index (χ3n) is 5.87. The number of aromatic nitrogens is 1. The number of urea groups is 1. The van der Waals surface area contributed by atoms with Gasteiger partial charge in [0.2, 0.25) is 5.88 Å². The van der Waals surface area contributed by atoms with Crippen molar-refractivity contribution in [3.8, 4) is 17.7 Å². The number of benzene rings is 2. The van der Waals surface area contributed by atoms with E-state index in [1.807, 2.05) is 0 Å². The number of imide groups is 1. The molecule has 1 aliphatic rings. The molecular formula is C24H20FN4O6S+. The van der Waals surface area contributed by atoms with Gasteiger partial charge in [-0.1, -0.05) is 6.07 Å². The minimum Gasteiger partial charge on any atom is -0.497 e. The first kappa shape index (κ1) is 24.8. The lowest BCUT2D eigenvalue weighted by molar-refractivity contribution is -0.123. The van der Waals surface area contributed by atoms with Crippen LogP contribution in [0.1, 0.15) is 29.5 Å². The molecule has 2 heterocycles. The summed E-state index contributed by atoms with van der Waals surface area (Å²) >= 11 is 0. The number of nitriles is 1. The summed E-state index contributed by atoms with van der Waals surface area (Å²) in [5, 5.41) is 9.40. The van der Waals surface area contributed by atoms with Gasteiger partial charge in [0.1, 0.15) is 28.4 Å². The Kier molecular flexibility index (Phi) is 6.21. The maximum absolute atomic E-state index is 14.9. The standard InChI is InChI=1S/C24H19FN4O6S/c1-3-35-22-17(5-4-10-28-22)21-18-11-14(13-26)19(25)12-20(18)29(23(21)30,24(27)31)36(32,33)16-8-6-15(34-2)7-9-16/h4-12,21H,3H2,1-2H3,(H-,27,31)/p+1. The summed E-state index contributed by atoms with van der Waals surface area (Å²) in [5.74, 6) is -3.42. The lowest BCUT2D eigenvalue weighted by Gasteiger charge is -2.26. The Morgan fingerprint density at radius 2 is 1.92 bits per heavy atom. The summed E-state index contributed by atoms with van der Waals surface area (Å²) < 4.78 is 51.4. The highest BCUT2D eigenvalue weighted by Crippen LogP contribution is 2.51. The third-order valence-corrected chi connectivity index (χ3v) is 8.01. The van der Waals surface area contributed by atoms with Crippen LogP contribution in [0, 0.1) is 17.1 Å². The van der Waals surface area contributed by atoms with E-state index in [1.54, 1.807) is 13.0 Å². The van der Waals surface area contributed by atoms with Crippen molar-refractivity contribution in [1.29, 1.82) is 5.26 Å². The Balaban J connectivity index is 2.10. The summed E-state index contributed by atoms with van der Waals surface area (Å²) in [4.78, 5) is 30.8. The number of nitrogens with two attached hydrogens (primary N) is 1. The first-order valence-electron chi connectivity index (χ1n) is 10.6. The zero-order chi connectivity index (χ0) is 26.3. The number of sulfonamides is 1. The Morgan fingerprint density at radius 1 is 1.22 bits per heavy atom.